The van der Waals surface area contributed by atoms with E-state index in [1.807, 2.05) is 0 Å². The van der Waals surface area contributed by atoms with Crippen molar-refractivity contribution in [1.82, 2.24) is 5.16 Å². The van der Waals surface area contributed by atoms with E-state index in [2.05, 4.69) is 19.0 Å². The average Bonchev–Trinajstić information content (AvgIpc) is 2.47. The van der Waals surface area contributed by atoms with Gasteiger partial charge in [0.1, 0.15) is 5.76 Å². The van der Waals surface area contributed by atoms with Crippen molar-refractivity contribution in [2.24, 2.45) is 5.92 Å². The minimum atomic E-state index is 0.897. The second-order valence-electron chi connectivity index (χ2n) is 4.37. The summed E-state index contributed by atoms with van der Waals surface area (Å²) in [7, 11) is 0. The van der Waals surface area contributed by atoms with Gasteiger partial charge in [0, 0.05) is 12.0 Å². The molecule has 0 N–H and O–H groups in total. The molecule has 1 aromatic heterocycles. The van der Waals surface area contributed by atoms with Crippen molar-refractivity contribution in [2.75, 3.05) is 0 Å². The van der Waals surface area contributed by atoms with E-state index < -0.39 is 0 Å². The second kappa shape index (κ2) is 4.16. The quantitative estimate of drug-likeness (QED) is 0.684. The van der Waals surface area contributed by atoms with E-state index in [1.54, 1.807) is 0 Å². The van der Waals surface area contributed by atoms with Crippen molar-refractivity contribution < 1.29 is 4.52 Å². The maximum atomic E-state index is 5.37. The molecule has 0 saturated carbocycles. The van der Waals surface area contributed by atoms with Gasteiger partial charge >= 0.3 is 0 Å². The summed E-state index contributed by atoms with van der Waals surface area (Å²) >= 11 is 0. The van der Waals surface area contributed by atoms with Crippen LogP contribution in [0.25, 0.3) is 0 Å². The number of nitrogens with zero attached hydrogens (tertiary/aromatic N) is 1. The molecule has 0 spiro atoms. The first-order valence-electron chi connectivity index (χ1n) is 5.75. The number of rotatable bonds is 1. The van der Waals surface area contributed by atoms with Crippen molar-refractivity contribution in [3.05, 3.63) is 17.0 Å². The predicted octanol–water partition coefficient (Wildman–Crippen LogP) is 3.28. The summed E-state index contributed by atoms with van der Waals surface area (Å²) in [6.45, 7) is 4.35. The maximum absolute atomic E-state index is 5.37. The van der Waals surface area contributed by atoms with Crippen LogP contribution in [0, 0.1) is 12.8 Å². The third-order valence-electron chi connectivity index (χ3n) is 3.46. The fraction of sp³-hybridized carbons (Fsp3) is 0.750. The van der Waals surface area contributed by atoms with Crippen LogP contribution in [0.5, 0.6) is 0 Å². The molecule has 14 heavy (non-hydrogen) atoms. The van der Waals surface area contributed by atoms with Crippen LogP contribution in [-0.4, -0.2) is 5.16 Å². The van der Waals surface area contributed by atoms with Gasteiger partial charge < -0.3 is 4.52 Å². The molecule has 78 valence electrons. The zero-order valence-electron chi connectivity index (χ0n) is 9.18. The van der Waals surface area contributed by atoms with Crippen LogP contribution in [0.15, 0.2) is 4.52 Å². The van der Waals surface area contributed by atoms with Crippen LogP contribution in [0.1, 0.15) is 49.6 Å². The predicted molar refractivity (Wildman–Crippen MR) is 56.3 cm³/mol. The Morgan fingerprint density at radius 1 is 1.36 bits per heavy atom. The van der Waals surface area contributed by atoms with Crippen LogP contribution in [0.3, 0.4) is 0 Å². The lowest BCUT2D eigenvalue weighted by molar-refractivity contribution is 0.345. The van der Waals surface area contributed by atoms with Crippen LogP contribution in [-0.2, 0) is 12.8 Å². The Labute approximate surface area is 85.7 Å². The molecule has 2 rings (SSSR count). The number of hydrogen-bond acceptors (Lipinski definition) is 2. The molecule has 0 radical (unpaired) electrons. The number of fused-ring (bicyclic) bond motifs is 1. The Morgan fingerprint density at radius 3 is 3.00 bits per heavy atom. The fourth-order valence-corrected chi connectivity index (χ4v) is 2.41. The molecular formula is C12H19NO. The highest BCUT2D eigenvalue weighted by atomic mass is 16.5. The Kier molecular flexibility index (Phi) is 2.90. The lowest BCUT2D eigenvalue weighted by atomic mass is 9.88. The fourth-order valence-electron chi connectivity index (χ4n) is 2.41. The van der Waals surface area contributed by atoms with E-state index in [-0.39, 0.29) is 0 Å². The second-order valence-corrected chi connectivity index (χ2v) is 4.37. The molecule has 0 amide bonds. The largest absolute Gasteiger partial charge is 0.361 e. The molecule has 2 heteroatoms. The molecule has 0 fully saturated rings. The van der Waals surface area contributed by atoms with Gasteiger partial charge in [-0.25, -0.2) is 0 Å². The third kappa shape index (κ3) is 1.84. The van der Waals surface area contributed by atoms with E-state index >= 15 is 0 Å². The summed E-state index contributed by atoms with van der Waals surface area (Å²) in [5.41, 5.74) is 2.49. The van der Waals surface area contributed by atoms with Crippen LogP contribution >= 0.6 is 0 Å². The van der Waals surface area contributed by atoms with Gasteiger partial charge in [-0.15, -0.1) is 0 Å². The molecule has 1 unspecified atom stereocenters. The molecule has 1 heterocycles. The Hall–Kier alpha value is -0.790. The number of aromatic nitrogens is 1. The number of aryl methyl sites for hydroxylation is 2. The van der Waals surface area contributed by atoms with Gasteiger partial charge in [-0.2, -0.15) is 0 Å². The van der Waals surface area contributed by atoms with E-state index in [9.17, 15) is 0 Å². The smallest absolute Gasteiger partial charge is 0.140 e. The highest BCUT2D eigenvalue weighted by Crippen LogP contribution is 2.26. The molecule has 1 atom stereocenters. The van der Waals surface area contributed by atoms with E-state index in [1.165, 1.54) is 37.7 Å². The van der Waals surface area contributed by atoms with Gasteiger partial charge in [0.2, 0.25) is 0 Å². The first kappa shape index (κ1) is 9.75. The maximum Gasteiger partial charge on any atom is 0.140 e. The van der Waals surface area contributed by atoms with Gasteiger partial charge in [0.25, 0.3) is 0 Å². The topological polar surface area (TPSA) is 26.0 Å². The van der Waals surface area contributed by atoms with Crippen LogP contribution in [0.4, 0.5) is 0 Å². The zero-order chi connectivity index (χ0) is 9.97. The summed E-state index contributed by atoms with van der Waals surface area (Å²) in [6.07, 6.45) is 7.52. The van der Waals surface area contributed by atoms with Gasteiger partial charge in [-0.05, 0) is 32.1 Å². The summed E-state index contributed by atoms with van der Waals surface area (Å²) in [6, 6.07) is 0. The number of hydrogen-bond donors (Lipinski definition) is 0. The normalized spacial score (nSPS) is 22.6. The molecule has 1 aliphatic carbocycles. The minimum Gasteiger partial charge on any atom is -0.361 e. The first-order valence-corrected chi connectivity index (χ1v) is 5.75. The lowest BCUT2D eigenvalue weighted by Gasteiger charge is -2.16. The van der Waals surface area contributed by atoms with Crippen molar-refractivity contribution in [2.45, 2.75) is 52.4 Å². The molecule has 0 aromatic carbocycles. The molecule has 1 aromatic rings. The van der Waals surface area contributed by atoms with Gasteiger partial charge in [0.15, 0.2) is 0 Å². The molecular weight excluding hydrogens is 174 g/mol. The van der Waals surface area contributed by atoms with Crippen molar-refractivity contribution >= 4 is 0 Å². The molecule has 0 saturated heterocycles. The van der Waals surface area contributed by atoms with Crippen molar-refractivity contribution in [3.63, 3.8) is 0 Å². The molecule has 2 nitrogen and oxygen atoms in total. The zero-order valence-corrected chi connectivity index (χ0v) is 9.18. The van der Waals surface area contributed by atoms with Gasteiger partial charge in [0.05, 0.1) is 5.69 Å². The van der Waals surface area contributed by atoms with E-state index in [4.69, 9.17) is 4.52 Å². The third-order valence-corrected chi connectivity index (χ3v) is 3.46. The Bertz CT molecular complexity index is 303. The molecule has 0 bridgehead atoms. The lowest BCUT2D eigenvalue weighted by Crippen LogP contribution is -2.06. The van der Waals surface area contributed by atoms with Gasteiger partial charge in [-0.1, -0.05) is 24.9 Å². The minimum absolute atomic E-state index is 0.897. The van der Waals surface area contributed by atoms with Crippen LogP contribution in [0.2, 0.25) is 0 Å². The van der Waals surface area contributed by atoms with Crippen LogP contribution < -0.4 is 0 Å². The monoisotopic (exact) mass is 193 g/mol. The van der Waals surface area contributed by atoms with Crippen molar-refractivity contribution in [3.8, 4) is 0 Å². The Morgan fingerprint density at radius 2 is 2.21 bits per heavy atom. The van der Waals surface area contributed by atoms with E-state index in [0.717, 1.165) is 23.8 Å². The highest BCUT2D eigenvalue weighted by Gasteiger charge is 2.18. The van der Waals surface area contributed by atoms with Gasteiger partial charge in [-0.3, -0.25) is 0 Å². The molecule has 0 aliphatic heterocycles. The Balaban J connectivity index is 2.14. The summed E-state index contributed by atoms with van der Waals surface area (Å²) < 4.78 is 5.37. The summed E-state index contributed by atoms with van der Waals surface area (Å²) in [5.74, 6) is 2.05. The summed E-state index contributed by atoms with van der Waals surface area (Å²) in [5, 5.41) is 4.06. The van der Waals surface area contributed by atoms with E-state index in [0.29, 0.717) is 0 Å². The standard InChI is InChI=1S/C12H19NO/c1-3-10-5-4-6-11-9(2)13-14-12(11)8-7-10/h10H,3-8H2,1-2H3. The molecule has 1 aliphatic rings. The SMILES string of the molecule is CCC1CCCc2c(C)noc2CC1. The van der Waals surface area contributed by atoms with Crippen molar-refractivity contribution in [1.29, 1.82) is 0 Å². The first-order chi connectivity index (χ1) is 6.81. The average molecular weight is 193 g/mol. The highest BCUT2D eigenvalue weighted by molar-refractivity contribution is 5.22. The summed E-state index contributed by atoms with van der Waals surface area (Å²) in [4.78, 5) is 0.